The largest absolute Gasteiger partial charge is 0.360 e. The van der Waals surface area contributed by atoms with Crippen molar-refractivity contribution in [2.75, 3.05) is 5.32 Å². The van der Waals surface area contributed by atoms with E-state index < -0.39 is 0 Å². The lowest BCUT2D eigenvalue weighted by atomic mass is 10.2. The lowest BCUT2D eigenvalue weighted by Gasteiger charge is -2.11. The van der Waals surface area contributed by atoms with Crippen LogP contribution in [0.5, 0.6) is 0 Å². The molecule has 1 saturated carbocycles. The van der Waals surface area contributed by atoms with Gasteiger partial charge >= 0.3 is 0 Å². The molecule has 0 atom stereocenters. The van der Waals surface area contributed by atoms with Crippen molar-refractivity contribution in [2.45, 2.75) is 25.8 Å². The molecule has 0 bridgehead atoms. The van der Waals surface area contributed by atoms with E-state index >= 15 is 0 Å². The lowest BCUT2D eigenvalue weighted by molar-refractivity contribution is 0.919. The molecule has 0 amide bonds. The van der Waals surface area contributed by atoms with Crippen LogP contribution in [0.25, 0.3) is 0 Å². The minimum atomic E-state index is 0.592. The summed E-state index contributed by atoms with van der Waals surface area (Å²) in [7, 11) is 0. The van der Waals surface area contributed by atoms with Crippen molar-refractivity contribution in [3.05, 3.63) is 28.2 Å². The summed E-state index contributed by atoms with van der Waals surface area (Å²) in [6.45, 7) is 2.06. The summed E-state index contributed by atoms with van der Waals surface area (Å²) < 4.78 is 1.04. The summed E-state index contributed by atoms with van der Waals surface area (Å²) in [6, 6.07) is 6.75. The smallest absolute Gasteiger partial charge is 0.171 e. The van der Waals surface area contributed by atoms with Crippen molar-refractivity contribution >= 4 is 38.9 Å². The first-order chi connectivity index (χ1) is 7.15. The molecule has 0 radical (unpaired) electrons. The van der Waals surface area contributed by atoms with E-state index in [1.165, 1.54) is 18.4 Å². The molecule has 1 fully saturated rings. The fraction of sp³-hybridized carbons (Fsp3) is 0.364. The monoisotopic (exact) mass is 284 g/mol. The number of thiocarbonyl (C=S) groups is 1. The van der Waals surface area contributed by atoms with Crippen LogP contribution in [-0.2, 0) is 0 Å². The molecule has 1 aliphatic rings. The average molecular weight is 285 g/mol. The Morgan fingerprint density at radius 3 is 2.80 bits per heavy atom. The van der Waals surface area contributed by atoms with Crippen LogP contribution < -0.4 is 10.6 Å². The zero-order valence-corrected chi connectivity index (χ0v) is 10.9. The molecule has 0 unspecified atom stereocenters. The second-order valence-electron chi connectivity index (χ2n) is 3.86. The highest BCUT2D eigenvalue weighted by atomic mass is 79.9. The van der Waals surface area contributed by atoms with E-state index in [2.05, 4.69) is 45.6 Å². The molecule has 1 aromatic carbocycles. The molecule has 0 aromatic heterocycles. The second-order valence-corrected chi connectivity index (χ2v) is 5.12. The number of halogens is 1. The number of nitrogens with one attached hydrogen (secondary N) is 2. The van der Waals surface area contributed by atoms with Gasteiger partial charge in [-0.3, -0.25) is 0 Å². The van der Waals surface area contributed by atoms with Crippen molar-refractivity contribution in [3.8, 4) is 0 Å². The topological polar surface area (TPSA) is 24.1 Å². The molecule has 0 aliphatic heterocycles. The third-order valence-corrected chi connectivity index (χ3v) is 3.16. The second kappa shape index (κ2) is 4.49. The molecule has 80 valence electrons. The molecule has 0 spiro atoms. The van der Waals surface area contributed by atoms with Crippen molar-refractivity contribution in [2.24, 2.45) is 0 Å². The van der Waals surface area contributed by atoms with Crippen molar-refractivity contribution in [1.29, 1.82) is 0 Å². The predicted molar refractivity (Wildman–Crippen MR) is 71.3 cm³/mol. The van der Waals surface area contributed by atoms with Crippen LogP contribution >= 0.6 is 28.1 Å². The highest BCUT2D eigenvalue weighted by Gasteiger charge is 2.21. The first-order valence-corrected chi connectivity index (χ1v) is 6.19. The summed E-state index contributed by atoms with van der Waals surface area (Å²) in [5, 5.41) is 7.14. The predicted octanol–water partition coefficient (Wildman–Crippen LogP) is 3.21. The zero-order valence-electron chi connectivity index (χ0n) is 8.51. The third-order valence-electron chi connectivity index (χ3n) is 2.29. The number of aryl methyl sites for hydroxylation is 1. The van der Waals surface area contributed by atoms with E-state index in [4.69, 9.17) is 12.2 Å². The van der Waals surface area contributed by atoms with Gasteiger partial charge in [-0.1, -0.05) is 6.07 Å². The molecule has 1 aliphatic carbocycles. The molecule has 0 heterocycles. The maximum atomic E-state index is 5.20. The van der Waals surface area contributed by atoms with Gasteiger partial charge < -0.3 is 10.6 Å². The molecule has 4 heteroatoms. The molecular weight excluding hydrogens is 272 g/mol. The van der Waals surface area contributed by atoms with Gasteiger partial charge in [-0.15, -0.1) is 0 Å². The van der Waals surface area contributed by atoms with Crippen LogP contribution in [0.2, 0.25) is 0 Å². The molecule has 2 rings (SSSR count). The fourth-order valence-corrected chi connectivity index (χ4v) is 2.16. The Kier molecular flexibility index (Phi) is 3.26. The lowest BCUT2D eigenvalue weighted by Crippen LogP contribution is -2.30. The van der Waals surface area contributed by atoms with Gasteiger partial charge in [-0.25, -0.2) is 0 Å². The highest BCUT2D eigenvalue weighted by molar-refractivity contribution is 9.10. The Balaban J connectivity index is 1.99. The van der Waals surface area contributed by atoms with Crippen LogP contribution in [0.4, 0.5) is 5.69 Å². The van der Waals surface area contributed by atoms with E-state index in [0.29, 0.717) is 11.2 Å². The number of anilines is 1. The minimum Gasteiger partial charge on any atom is -0.360 e. The van der Waals surface area contributed by atoms with E-state index in [-0.39, 0.29) is 0 Å². The Hall–Kier alpha value is -0.610. The van der Waals surface area contributed by atoms with Gasteiger partial charge in [0.25, 0.3) is 0 Å². The quantitative estimate of drug-likeness (QED) is 0.816. The molecular formula is C11H13BrN2S. The molecule has 2 nitrogen and oxygen atoms in total. The molecule has 0 saturated heterocycles. The van der Waals surface area contributed by atoms with Crippen LogP contribution in [-0.4, -0.2) is 11.2 Å². The third kappa shape index (κ3) is 3.18. The van der Waals surface area contributed by atoms with Crippen molar-refractivity contribution in [3.63, 3.8) is 0 Å². The first-order valence-electron chi connectivity index (χ1n) is 4.99. The normalized spacial score (nSPS) is 14.8. The van der Waals surface area contributed by atoms with Crippen LogP contribution in [0.1, 0.15) is 18.4 Å². The number of hydrogen-bond acceptors (Lipinski definition) is 1. The Morgan fingerprint density at radius 1 is 1.47 bits per heavy atom. The van der Waals surface area contributed by atoms with Gasteiger partial charge in [0.1, 0.15) is 0 Å². The SMILES string of the molecule is Cc1ccc(NC(=S)NC2CC2)c(Br)c1. The van der Waals surface area contributed by atoms with Gasteiger partial charge in [0.05, 0.1) is 5.69 Å². The summed E-state index contributed by atoms with van der Waals surface area (Å²) in [5.74, 6) is 0. The van der Waals surface area contributed by atoms with Gasteiger partial charge in [0.2, 0.25) is 0 Å². The maximum Gasteiger partial charge on any atom is 0.171 e. The van der Waals surface area contributed by atoms with E-state index in [0.717, 1.165) is 10.2 Å². The number of hydrogen-bond donors (Lipinski definition) is 2. The van der Waals surface area contributed by atoms with Gasteiger partial charge in [-0.2, -0.15) is 0 Å². The standard InChI is InChI=1S/C11H13BrN2S/c1-7-2-5-10(9(12)6-7)14-11(15)13-8-3-4-8/h2,5-6,8H,3-4H2,1H3,(H2,13,14,15). The molecule has 2 N–H and O–H groups in total. The highest BCUT2D eigenvalue weighted by Crippen LogP contribution is 2.24. The van der Waals surface area contributed by atoms with E-state index in [1.807, 2.05) is 6.07 Å². The van der Waals surface area contributed by atoms with Crippen molar-refractivity contribution < 1.29 is 0 Å². The Morgan fingerprint density at radius 2 is 2.20 bits per heavy atom. The van der Waals surface area contributed by atoms with Gasteiger partial charge in [0, 0.05) is 10.5 Å². The molecule has 1 aromatic rings. The maximum absolute atomic E-state index is 5.20. The van der Waals surface area contributed by atoms with Crippen LogP contribution in [0.15, 0.2) is 22.7 Å². The van der Waals surface area contributed by atoms with Crippen molar-refractivity contribution in [1.82, 2.24) is 5.32 Å². The fourth-order valence-electron chi connectivity index (χ4n) is 1.29. The van der Waals surface area contributed by atoms with E-state index in [9.17, 15) is 0 Å². The van der Waals surface area contributed by atoms with Crippen LogP contribution in [0.3, 0.4) is 0 Å². The summed E-state index contributed by atoms with van der Waals surface area (Å²) in [4.78, 5) is 0. The number of benzene rings is 1. The number of rotatable bonds is 2. The zero-order chi connectivity index (χ0) is 10.8. The average Bonchev–Trinajstić information content (AvgIpc) is 2.94. The van der Waals surface area contributed by atoms with Gasteiger partial charge in [-0.05, 0) is 65.6 Å². The Labute approximate surface area is 104 Å². The van der Waals surface area contributed by atoms with Gasteiger partial charge in [0.15, 0.2) is 5.11 Å². The summed E-state index contributed by atoms with van der Waals surface area (Å²) >= 11 is 8.71. The van der Waals surface area contributed by atoms with Crippen LogP contribution in [0, 0.1) is 6.92 Å². The minimum absolute atomic E-state index is 0.592. The molecule has 15 heavy (non-hydrogen) atoms. The summed E-state index contributed by atoms with van der Waals surface area (Å²) in [6.07, 6.45) is 2.47. The first kappa shape index (κ1) is 10.9. The van der Waals surface area contributed by atoms with E-state index in [1.54, 1.807) is 0 Å². The Bertz CT molecular complexity index is 388. The summed E-state index contributed by atoms with van der Waals surface area (Å²) in [5.41, 5.74) is 2.24.